The third-order valence-corrected chi connectivity index (χ3v) is 3.71. The number of aromatic nitrogens is 2. The average molecular weight is 294 g/mol. The molecule has 2 heterocycles. The summed E-state index contributed by atoms with van der Waals surface area (Å²) in [4.78, 5) is 21.2. The summed E-state index contributed by atoms with van der Waals surface area (Å²) >= 11 is 0. The number of aliphatic hydroxyl groups is 1. The molecule has 3 N–H and O–H groups in total. The van der Waals surface area contributed by atoms with E-state index in [1.54, 1.807) is 0 Å². The van der Waals surface area contributed by atoms with Crippen LogP contribution < -0.4 is 5.32 Å². The van der Waals surface area contributed by atoms with Crippen molar-refractivity contribution in [2.24, 2.45) is 5.92 Å². The first-order valence-electron chi connectivity index (χ1n) is 7.32. The van der Waals surface area contributed by atoms with Crippen LogP contribution in [0.3, 0.4) is 0 Å². The Kier molecular flexibility index (Phi) is 5.89. The normalized spacial score (nSPS) is 19.4. The number of hydrogen-bond donors (Lipinski definition) is 3. The molecule has 1 aromatic heterocycles. The maximum absolute atomic E-state index is 11.0. The number of hydrogen-bond acceptors (Lipinski definition) is 6. The second-order valence-electron chi connectivity index (χ2n) is 5.33. The average Bonchev–Trinajstić information content (AvgIpc) is 2.52. The van der Waals surface area contributed by atoms with Crippen LogP contribution in [0.25, 0.3) is 0 Å². The number of anilines is 1. The Labute approximate surface area is 124 Å². The third-order valence-electron chi connectivity index (χ3n) is 3.71. The van der Waals surface area contributed by atoms with E-state index in [0.29, 0.717) is 18.3 Å². The molecule has 7 heteroatoms. The molecule has 0 aromatic carbocycles. The van der Waals surface area contributed by atoms with E-state index < -0.39 is 5.97 Å². The van der Waals surface area contributed by atoms with E-state index in [1.165, 1.54) is 12.4 Å². The first kappa shape index (κ1) is 15.7. The fraction of sp³-hybridized carbons (Fsp3) is 0.643. The van der Waals surface area contributed by atoms with Crippen molar-refractivity contribution in [2.75, 3.05) is 38.1 Å². The predicted molar refractivity (Wildman–Crippen MR) is 78.3 cm³/mol. The van der Waals surface area contributed by atoms with Crippen molar-refractivity contribution in [3.63, 3.8) is 0 Å². The van der Waals surface area contributed by atoms with Gasteiger partial charge in [-0.3, -0.25) is 0 Å². The van der Waals surface area contributed by atoms with Crippen molar-refractivity contribution in [1.29, 1.82) is 0 Å². The molecule has 1 aliphatic heterocycles. The van der Waals surface area contributed by atoms with E-state index in [4.69, 9.17) is 5.11 Å². The Hall–Kier alpha value is -1.73. The van der Waals surface area contributed by atoms with Crippen LogP contribution in [-0.2, 0) is 0 Å². The van der Waals surface area contributed by atoms with Crippen LogP contribution in [0.1, 0.15) is 29.8 Å². The van der Waals surface area contributed by atoms with Gasteiger partial charge >= 0.3 is 5.97 Å². The Balaban J connectivity index is 1.74. The highest BCUT2D eigenvalue weighted by Gasteiger charge is 2.18. The zero-order chi connectivity index (χ0) is 15.1. The largest absolute Gasteiger partial charge is 0.476 e. The van der Waals surface area contributed by atoms with Gasteiger partial charge in [0, 0.05) is 32.1 Å². The monoisotopic (exact) mass is 294 g/mol. The lowest BCUT2D eigenvalue weighted by Gasteiger charge is -2.31. The van der Waals surface area contributed by atoms with Gasteiger partial charge < -0.3 is 20.4 Å². The van der Waals surface area contributed by atoms with E-state index >= 15 is 0 Å². The number of nitrogens with one attached hydrogen (secondary N) is 1. The van der Waals surface area contributed by atoms with Gasteiger partial charge in [-0.2, -0.15) is 0 Å². The first-order valence-corrected chi connectivity index (χ1v) is 7.32. The third kappa shape index (κ3) is 4.64. The molecule has 1 aliphatic rings. The summed E-state index contributed by atoms with van der Waals surface area (Å²) in [5, 5.41) is 21.2. The summed E-state index contributed by atoms with van der Waals surface area (Å²) < 4.78 is 0. The van der Waals surface area contributed by atoms with Crippen LogP contribution in [0.2, 0.25) is 0 Å². The Morgan fingerprint density at radius 3 is 3.00 bits per heavy atom. The molecule has 2 rings (SSSR count). The second kappa shape index (κ2) is 7.90. The van der Waals surface area contributed by atoms with Gasteiger partial charge in [0.05, 0.1) is 0 Å². The molecule has 0 spiro atoms. The quantitative estimate of drug-likeness (QED) is 0.636. The molecular formula is C14H22N4O3. The summed E-state index contributed by atoms with van der Waals surface area (Å²) in [6.07, 6.45) is 5.98. The molecule has 1 aromatic rings. The molecule has 0 radical (unpaired) electrons. The molecule has 0 aliphatic carbocycles. The van der Waals surface area contributed by atoms with Gasteiger partial charge in [-0.05, 0) is 38.3 Å². The number of likely N-dealkylation sites (tertiary alicyclic amines) is 1. The molecular weight excluding hydrogens is 272 g/mol. The van der Waals surface area contributed by atoms with Gasteiger partial charge in [0.15, 0.2) is 11.5 Å². The highest BCUT2D eigenvalue weighted by atomic mass is 16.4. The Morgan fingerprint density at radius 2 is 2.24 bits per heavy atom. The standard InChI is InChI=1S/C14H22N4O3/c19-10-11-3-1-7-18(9-11)8-2-4-16-13-12(14(20)21)15-5-6-17-13/h5-6,11,19H,1-4,7-10H2,(H,16,17)(H,20,21). The minimum atomic E-state index is -1.08. The Morgan fingerprint density at radius 1 is 1.43 bits per heavy atom. The summed E-state index contributed by atoms with van der Waals surface area (Å²) in [6.45, 7) is 3.87. The van der Waals surface area contributed by atoms with E-state index in [9.17, 15) is 9.90 Å². The van der Waals surface area contributed by atoms with Crippen molar-refractivity contribution >= 4 is 11.8 Å². The fourth-order valence-corrected chi connectivity index (χ4v) is 2.64. The van der Waals surface area contributed by atoms with E-state index in [1.807, 2.05) is 0 Å². The summed E-state index contributed by atoms with van der Waals surface area (Å²) in [6, 6.07) is 0. The molecule has 0 bridgehead atoms. The maximum atomic E-state index is 11.0. The molecule has 0 amide bonds. The molecule has 21 heavy (non-hydrogen) atoms. The molecule has 1 fully saturated rings. The lowest BCUT2D eigenvalue weighted by molar-refractivity contribution is 0.0691. The predicted octanol–water partition coefficient (Wildman–Crippen LogP) is 0.681. The SMILES string of the molecule is O=C(O)c1nccnc1NCCCN1CCCC(CO)C1. The highest BCUT2D eigenvalue weighted by Crippen LogP contribution is 2.15. The van der Waals surface area contributed by atoms with E-state index in [0.717, 1.165) is 38.9 Å². The maximum Gasteiger partial charge on any atom is 0.358 e. The number of aliphatic hydroxyl groups excluding tert-OH is 1. The molecule has 1 unspecified atom stereocenters. The number of carbonyl (C=O) groups is 1. The van der Waals surface area contributed by atoms with Gasteiger partial charge in [0.2, 0.25) is 0 Å². The molecule has 116 valence electrons. The van der Waals surface area contributed by atoms with Crippen LogP contribution in [0.4, 0.5) is 5.82 Å². The Bertz CT molecular complexity index is 469. The zero-order valence-electron chi connectivity index (χ0n) is 12.0. The van der Waals surface area contributed by atoms with Crippen molar-refractivity contribution in [3.8, 4) is 0 Å². The summed E-state index contributed by atoms with van der Waals surface area (Å²) in [7, 11) is 0. The van der Waals surface area contributed by atoms with Crippen LogP contribution in [0.5, 0.6) is 0 Å². The van der Waals surface area contributed by atoms with Gasteiger partial charge in [-0.1, -0.05) is 0 Å². The lowest BCUT2D eigenvalue weighted by atomic mass is 9.99. The molecule has 7 nitrogen and oxygen atoms in total. The number of piperidine rings is 1. The van der Waals surface area contributed by atoms with E-state index in [2.05, 4.69) is 20.2 Å². The number of carboxylic acid groups (broad SMARTS) is 1. The van der Waals surface area contributed by atoms with Gasteiger partial charge in [-0.25, -0.2) is 14.8 Å². The van der Waals surface area contributed by atoms with Gasteiger partial charge in [-0.15, -0.1) is 0 Å². The van der Waals surface area contributed by atoms with Crippen LogP contribution in [-0.4, -0.2) is 63.8 Å². The minimum absolute atomic E-state index is 0.0455. The molecule has 1 saturated heterocycles. The highest BCUT2D eigenvalue weighted by molar-refractivity contribution is 5.90. The summed E-state index contributed by atoms with van der Waals surface area (Å²) in [5.74, 6) is -0.366. The van der Waals surface area contributed by atoms with Crippen molar-refractivity contribution in [3.05, 3.63) is 18.1 Å². The van der Waals surface area contributed by atoms with E-state index in [-0.39, 0.29) is 12.3 Å². The second-order valence-corrected chi connectivity index (χ2v) is 5.33. The first-order chi connectivity index (χ1) is 10.2. The zero-order valence-corrected chi connectivity index (χ0v) is 12.0. The molecule has 1 atom stereocenters. The van der Waals surface area contributed by atoms with Crippen LogP contribution in [0.15, 0.2) is 12.4 Å². The number of nitrogens with zero attached hydrogens (tertiary/aromatic N) is 3. The van der Waals surface area contributed by atoms with Gasteiger partial charge in [0.25, 0.3) is 0 Å². The van der Waals surface area contributed by atoms with Crippen LogP contribution in [0, 0.1) is 5.92 Å². The van der Waals surface area contributed by atoms with Crippen molar-refractivity contribution in [1.82, 2.24) is 14.9 Å². The number of rotatable bonds is 7. The fourth-order valence-electron chi connectivity index (χ4n) is 2.64. The van der Waals surface area contributed by atoms with Gasteiger partial charge in [0.1, 0.15) is 0 Å². The smallest absolute Gasteiger partial charge is 0.358 e. The van der Waals surface area contributed by atoms with Crippen molar-refractivity contribution < 1.29 is 15.0 Å². The molecule has 0 saturated carbocycles. The lowest BCUT2D eigenvalue weighted by Crippen LogP contribution is -2.37. The number of aromatic carboxylic acids is 1. The van der Waals surface area contributed by atoms with Crippen molar-refractivity contribution in [2.45, 2.75) is 19.3 Å². The number of carboxylic acids is 1. The topological polar surface area (TPSA) is 98.6 Å². The van der Waals surface area contributed by atoms with Crippen LogP contribution >= 0.6 is 0 Å². The minimum Gasteiger partial charge on any atom is -0.476 e. The summed E-state index contributed by atoms with van der Waals surface area (Å²) in [5.41, 5.74) is -0.0455.